The van der Waals surface area contributed by atoms with E-state index in [2.05, 4.69) is 42.6 Å². The fourth-order valence-corrected chi connectivity index (χ4v) is 3.21. The summed E-state index contributed by atoms with van der Waals surface area (Å²) in [6, 6.07) is 10.7. The molecule has 0 saturated heterocycles. The molecule has 2 nitrogen and oxygen atoms in total. The first-order chi connectivity index (χ1) is 9.83. The molecule has 3 rings (SSSR count). The van der Waals surface area contributed by atoms with E-state index in [1.165, 1.54) is 49.6 Å². The lowest BCUT2D eigenvalue weighted by molar-refractivity contribution is 0.483. The van der Waals surface area contributed by atoms with E-state index in [1.54, 1.807) is 0 Å². The molecule has 1 fully saturated rings. The second kappa shape index (κ2) is 6.25. The lowest BCUT2D eigenvalue weighted by Crippen LogP contribution is -2.14. The molecule has 0 unspecified atom stereocenters. The van der Waals surface area contributed by atoms with Crippen LogP contribution in [0.5, 0.6) is 0 Å². The van der Waals surface area contributed by atoms with Gasteiger partial charge < -0.3 is 5.32 Å². The third kappa shape index (κ3) is 3.12. The number of hydrogen-bond donors (Lipinski definition) is 1. The van der Waals surface area contributed by atoms with Gasteiger partial charge in [0.05, 0.1) is 11.2 Å². The Morgan fingerprint density at radius 3 is 2.65 bits per heavy atom. The van der Waals surface area contributed by atoms with Gasteiger partial charge in [0.2, 0.25) is 0 Å². The minimum atomic E-state index is 0.831. The van der Waals surface area contributed by atoms with Crippen molar-refractivity contribution < 1.29 is 0 Å². The number of aryl methyl sites for hydroxylation is 1. The van der Waals surface area contributed by atoms with Crippen LogP contribution in [0, 0.1) is 12.8 Å². The molecule has 0 atom stereocenters. The van der Waals surface area contributed by atoms with E-state index in [1.807, 2.05) is 0 Å². The first-order valence-electron chi connectivity index (χ1n) is 7.93. The van der Waals surface area contributed by atoms with Crippen LogP contribution in [0.3, 0.4) is 0 Å². The van der Waals surface area contributed by atoms with Crippen molar-refractivity contribution in [3.05, 3.63) is 36.0 Å². The lowest BCUT2D eigenvalue weighted by Gasteiger charge is -2.16. The number of aromatic nitrogens is 1. The Balaban J connectivity index is 1.75. The monoisotopic (exact) mass is 268 g/mol. The van der Waals surface area contributed by atoms with E-state index >= 15 is 0 Å². The van der Waals surface area contributed by atoms with E-state index in [9.17, 15) is 0 Å². The summed E-state index contributed by atoms with van der Waals surface area (Å²) in [4.78, 5) is 4.70. The largest absolute Gasteiger partial charge is 0.383 e. The lowest BCUT2D eigenvalue weighted by atomic mass is 10.0. The second-order valence-electron chi connectivity index (χ2n) is 6.07. The third-order valence-electron chi connectivity index (χ3n) is 4.42. The zero-order valence-corrected chi connectivity index (χ0v) is 12.4. The summed E-state index contributed by atoms with van der Waals surface area (Å²) in [6.45, 7) is 3.15. The van der Waals surface area contributed by atoms with Crippen molar-refractivity contribution in [2.45, 2.75) is 45.4 Å². The van der Waals surface area contributed by atoms with Crippen LogP contribution < -0.4 is 5.32 Å². The summed E-state index contributed by atoms with van der Waals surface area (Å²) in [5.41, 5.74) is 3.39. The quantitative estimate of drug-likeness (QED) is 0.799. The molecule has 1 heterocycles. The van der Waals surface area contributed by atoms with Crippen molar-refractivity contribution in [3.63, 3.8) is 0 Å². The van der Waals surface area contributed by atoms with Crippen molar-refractivity contribution in [2.75, 3.05) is 11.9 Å². The van der Waals surface area contributed by atoms with Gasteiger partial charge in [0.1, 0.15) is 0 Å². The molecule has 20 heavy (non-hydrogen) atoms. The summed E-state index contributed by atoms with van der Waals surface area (Å²) in [7, 11) is 0. The molecule has 0 amide bonds. The predicted molar refractivity (Wildman–Crippen MR) is 86.2 cm³/mol. The van der Waals surface area contributed by atoms with E-state index in [4.69, 9.17) is 4.98 Å². The van der Waals surface area contributed by atoms with Gasteiger partial charge in [0.25, 0.3) is 0 Å². The minimum Gasteiger partial charge on any atom is -0.383 e. The number of rotatable bonds is 3. The highest BCUT2D eigenvalue weighted by Crippen LogP contribution is 2.25. The van der Waals surface area contributed by atoms with E-state index in [0.29, 0.717) is 0 Å². The first-order valence-corrected chi connectivity index (χ1v) is 7.93. The molecular weight excluding hydrogens is 244 g/mol. The molecule has 0 aliphatic heterocycles. The van der Waals surface area contributed by atoms with Crippen LogP contribution in [-0.2, 0) is 0 Å². The van der Waals surface area contributed by atoms with E-state index in [0.717, 1.165) is 23.7 Å². The molecule has 1 N–H and O–H groups in total. The van der Waals surface area contributed by atoms with Crippen molar-refractivity contribution in [1.29, 1.82) is 0 Å². The molecule has 1 aliphatic rings. The van der Waals surface area contributed by atoms with Crippen LogP contribution in [-0.4, -0.2) is 11.5 Å². The number of fused-ring (bicyclic) bond motifs is 1. The molecule has 106 valence electrons. The summed E-state index contributed by atoms with van der Waals surface area (Å²) < 4.78 is 0. The van der Waals surface area contributed by atoms with Gasteiger partial charge in [-0.2, -0.15) is 0 Å². The molecule has 0 spiro atoms. The van der Waals surface area contributed by atoms with Crippen molar-refractivity contribution >= 4 is 16.6 Å². The molecular formula is C18H24N2. The summed E-state index contributed by atoms with van der Waals surface area (Å²) >= 11 is 0. The maximum absolute atomic E-state index is 4.70. The van der Waals surface area contributed by atoms with Crippen molar-refractivity contribution in [3.8, 4) is 0 Å². The Morgan fingerprint density at radius 1 is 1.05 bits per heavy atom. The maximum Gasteiger partial charge on any atom is 0.0936 e. The second-order valence-corrected chi connectivity index (χ2v) is 6.07. The van der Waals surface area contributed by atoms with E-state index in [-0.39, 0.29) is 0 Å². The Morgan fingerprint density at radius 2 is 1.85 bits per heavy atom. The maximum atomic E-state index is 4.70. The Hall–Kier alpha value is -1.57. The van der Waals surface area contributed by atoms with Gasteiger partial charge in [0.15, 0.2) is 0 Å². The molecule has 2 aromatic rings. The van der Waals surface area contributed by atoms with Crippen molar-refractivity contribution in [2.24, 2.45) is 5.92 Å². The Labute approximate surface area is 121 Å². The number of anilines is 1. The van der Waals surface area contributed by atoms with Gasteiger partial charge >= 0.3 is 0 Å². The molecule has 1 aromatic carbocycles. The van der Waals surface area contributed by atoms with E-state index < -0.39 is 0 Å². The minimum absolute atomic E-state index is 0.831. The highest BCUT2D eigenvalue weighted by atomic mass is 14.9. The van der Waals surface area contributed by atoms with Gasteiger partial charge in [-0.25, -0.2) is 0 Å². The summed E-state index contributed by atoms with van der Waals surface area (Å²) in [6.07, 6.45) is 8.41. The van der Waals surface area contributed by atoms with Crippen LogP contribution >= 0.6 is 0 Å². The number of benzene rings is 1. The highest BCUT2D eigenvalue weighted by molar-refractivity contribution is 5.90. The zero-order valence-electron chi connectivity index (χ0n) is 12.4. The summed E-state index contributed by atoms with van der Waals surface area (Å²) in [5, 5.41) is 4.87. The highest BCUT2D eigenvalue weighted by Gasteiger charge is 2.12. The van der Waals surface area contributed by atoms with Crippen LogP contribution in [0.4, 0.5) is 5.69 Å². The molecule has 0 radical (unpaired) electrons. The number of pyridine rings is 1. The molecule has 0 bridgehead atoms. The van der Waals surface area contributed by atoms with Crippen LogP contribution in [0.2, 0.25) is 0 Å². The smallest absolute Gasteiger partial charge is 0.0936 e. The average molecular weight is 268 g/mol. The third-order valence-corrected chi connectivity index (χ3v) is 4.42. The van der Waals surface area contributed by atoms with Crippen LogP contribution in [0.15, 0.2) is 30.3 Å². The zero-order chi connectivity index (χ0) is 13.8. The fraction of sp³-hybridized carbons (Fsp3) is 0.500. The van der Waals surface area contributed by atoms with Crippen LogP contribution in [0.25, 0.3) is 10.9 Å². The number of hydrogen-bond acceptors (Lipinski definition) is 2. The molecule has 1 aromatic heterocycles. The molecule has 1 saturated carbocycles. The standard InChI is InChI=1S/C18H24N2/c1-14-11-12-16-9-6-10-17(18(16)20-14)19-13-15-7-4-2-3-5-8-15/h6,9-12,15,19H,2-5,7-8,13H2,1H3. The van der Waals surface area contributed by atoms with Gasteiger partial charge in [-0.05, 0) is 37.8 Å². The molecule has 2 heteroatoms. The van der Waals surface area contributed by atoms with Gasteiger partial charge in [-0.3, -0.25) is 4.98 Å². The molecule has 1 aliphatic carbocycles. The fourth-order valence-electron chi connectivity index (χ4n) is 3.21. The van der Waals surface area contributed by atoms with Gasteiger partial charge in [0, 0.05) is 17.6 Å². The van der Waals surface area contributed by atoms with Crippen molar-refractivity contribution in [1.82, 2.24) is 4.98 Å². The number of nitrogens with one attached hydrogen (secondary N) is 1. The topological polar surface area (TPSA) is 24.9 Å². The van der Waals surface area contributed by atoms with Gasteiger partial charge in [-0.1, -0.05) is 43.9 Å². The SMILES string of the molecule is Cc1ccc2cccc(NCC3CCCCCC3)c2n1. The summed E-state index contributed by atoms with van der Waals surface area (Å²) in [5.74, 6) is 0.831. The predicted octanol–water partition coefficient (Wildman–Crippen LogP) is 4.93. The Kier molecular flexibility index (Phi) is 4.19. The normalized spacial score (nSPS) is 17.1. The Bertz CT molecular complexity index is 569. The number of nitrogens with zero attached hydrogens (tertiary/aromatic N) is 1. The first kappa shape index (κ1) is 13.4. The van der Waals surface area contributed by atoms with Crippen LogP contribution in [0.1, 0.15) is 44.2 Å². The van der Waals surface area contributed by atoms with Gasteiger partial charge in [-0.15, -0.1) is 0 Å². The number of para-hydroxylation sites is 1. The average Bonchev–Trinajstić information content (AvgIpc) is 2.74.